The Bertz CT molecular complexity index is 636. The van der Waals surface area contributed by atoms with Crippen LogP contribution >= 0.6 is 0 Å². The summed E-state index contributed by atoms with van der Waals surface area (Å²) >= 11 is 0. The summed E-state index contributed by atoms with van der Waals surface area (Å²) in [7, 11) is 0. The largest absolute Gasteiger partial charge is 0.425 e. The van der Waals surface area contributed by atoms with E-state index >= 15 is 0 Å². The molecule has 1 aromatic carbocycles. The molecule has 1 aromatic rings. The fourth-order valence-electron chi connectivity index (χ4n) is 2.26. The number of anilines is 1. The van der Waals surface area contributed by atoms with Gasteiger partial charge in [0, 0.05) is 19.2 Å². The van der Waals surface area contributed by atoms with Crippen molar-refractivity contribution in [1.29, 1.82) is 5.26 Å². The van der Waals surface area contributed by atoms with Crippen molar-refractivity contribution in [2.75, 3.05) is 11.9 Å². The lowest BCUT2D eigenvalue weighted by Crippen LogP contribution is -2.43. The number of nitrogens with one attached hydrogen (secondary N) is 1. The van der Waals surface area contributed by atoms with Crippen LogP contribution in [0.25, 0.3) is 0 Å². The minimum atomic E-state index is -0.924. The SMILES string of the molecule is CCCO[C@@](C)(CCC)C(=O)Nc1ccc(OC(C)=O)c(C#N)c1. The summed E-state index contributed by atoms with van der Waals surface area (Å²) in [6.07, 6.45) is 2.22. The molecular formula is C18H24N2O4. The van der Waals surface area contributed by atoms with Gasteiger partial charge in [-0.15, -0.1) is 0 Å². The van der Waals surface area contributed by atoms with E-state index in [1.807, 2.05) is 19.9 Å². The molecule has 0 aliphatic heterocycles. The molecule has 0 aliphatic carbocycles. The number of amides is 1. The predicted molar refractivity (Wildman–Crippen MR) is 90.7 cm³/mol. The number of carbonyl (C=O) groups excluding carboxylic acids is 2. The summed E-state index contributed by atoms with van der Waals surface area (Å²) < 4.78 is 10.7. The van der Waals surface area contributed by atoms with E-state index in [1.165, 1.54) is 19.1 Å². The average molecular weight is 332 g/mol. The van der Waals surface area contributed by atoms with Crippen LogP contribution in [0.5, 0.6) is 5.75 Å². The van der Waals surface area contributed by atoms with Crippen LogP contribution < -0.4 is 10.1 Å². The van der Waals surface area contributed by atoms with E-state index < -0.39 is 11.6 Å². The van der Waals surface area contributed by atoms with E-state index in [-0.39, 0.29) is 17.2 Å². The second-order valence-electron chi connectivity index (χ2n) is 5.70. The number of benzene rings is 1. The summed E-state index contributed by atoms with van der Waals surface area (Å²) in [4.78, 5) is 23.6. The molecule has 1 rings (SSSR count). The number of carbonyl (C=O) groups is 2. The maximum atomic E-state index is 12.6. The normalized spacial score (nSPS) is 12.8. The molecule has 0 unspecified atom stereocenters. The van der Waals surface area contributed by atoms with Crippen LogP contribution in [0.1, 0.15) is 52.5 Å². The first-order chi connectivity index (χ1) is 11.4. The van der Waals surface area contributed by atoms with Gasteiger partial charge in [0.2, 0.25) is 0 Å². The molecule has 130 valence electrons. The maximum absolute atomic E-state index is 12.6. The molecule has 0 aliphatic rings. The van der Waals surface area contributed by atoms with Crippen LogP contribution in [0, 0.1) is 11.3 Å². The predicted octanol–water partition coefficient (Wildman–Crippen LogP) is 3.41. The Kier molecular flexibility index (Phi) is 7.40. The quantitative estimate of drug-likeness (QED) is 0.582. The topological polar surface area (TPSA) is 88.4 Å². The van der Waals surface area contributed by atoms with Gasteiger partial charge in [-0.1, -0.05) is 20.3 Å². The van der Waals surface area contributed by atoms with Crippen LogP contribution in [-0.4, -0.2) is 24.1 Å². The number of hydrogen-bond acceptors (Lipinski definition) is 5. The van der Waals surface area contributed by atoms with Gasteiger partial charge in [-0.05, 0) is 38.0 Å². The first kappa shape index (κ1) is 19.7. The fourth-order valence-corrected chi connectivity index (χ4v) is 2.26. The third-order valence-corrected chi connectivity index (χ3v) is 3.44. The Hall–Kier alpha value is -2.39. The fraction of sp³-hybridized carbons (Fsp3) is 0.500. The van der Waals surface area contributed by atoms with Gasteiger partial charge >= 0.3 is 5.97 Å². The van der Waals surface area contributed by atoms with Crippen LogP contribution in [0.2, 0.25) is 0 Å². The van der Waals surface area contributed by atoms with Gasteiger partial charge < -0.3 is 14.8 Å². The molecule has 0 saturated heterocycles. The molecule has 0 fully saturated rings. The summed E-state index contributed by atoms with van der Waals surface area (Å²) in [5.74, 6) is -0.602. The van der Waals surface area contributed by atoms with Crippen molar-refractivity contribution in [3.8, 4) is 11.8 Å². The molecule has 0 bridgehead atoms. The van der Waals surface area contributed by atoms with Crippen molar-refractivity contribution in [1.82, 2.24) is 0 Å². The van der Waals surface area contributed by atoms with Crippen molar-refractivity contribution < 1.29 is 19.1 Å². The van der Waals surface area contributed by atoms with Crippen molar-refractivity contribution >= 4 is 17.6 Å². The Morgan fingerprint density at radius 3 is 2.54 bits per heavy atom. The van der Waals surface area contributed by atoms with Crippen molar-refractivity contribution in [2.24, 2.45) is 0 Å². The Balaban J connectivity index is 2.96. The smallest absolute Gasteiger partial charge is 0.308 e. The highest BCUT2D eigenvalue weighted by atomic mass is 16.5. The van der Waals surface area contributed by atoms with E-state index in [1.54, 1.807) is 13.0 Å². The summed E-state index contributed by atoms with van der Waals surface area (Å²) in [5.41, 5.74) is -0.295. The van der Waals surface area contributed by atoms with Crippen molar-refractivity contribution in [3.05, 3.63) is 23.8 Å². The minimum absolute atomic E-state index is 0.168. The number of ether oxygens (including phenoxy) is 2. The van der Waals surface area contributed by atoms with Crippen LogP contribution in [0.4, 0.5) is 5.69 Å². The molecule has 1 amide bonds. The van der Waals surface area contributed by atoms with Gasteiger partial charge in [0.15, 0.2) is 0 Å². The van der Waals surface area contributed by atoms with Crippen LogP contribution in [0.3, 0.4) is 0 Å². The molecule has 24 heavy (non-hydrogen) atoms. The number of nitrogens with zero attached hydrogens (tertiary/aromatic N) is 1. The molecule has 1 atom stereocenters. The minimum Gasteiger partial charge on any atom is -0.425 e. The molecule has 1 N–H and O–H groups in total. The Labute approximate surface area is 142 Å². The van der Waals surface area contributed by atoms with Crippen LogP contribution in [-0.2, 0) is 14.3 Å². The molecule has 0 spiro atoms. The van der Waals surface area contributed by atoms with Gasteiger partial charge in [-0.25, -0.2) is 0 Å². The second-order valence-corrected chi connectivity index (χ2v) is 5.70. The summed E-state index contributed by atoms with van der Waals surface area (Å²) in [6, 6.07) is 6.50. The zero-order chi connectivity index (χ0) is 18.2. The molecule has 6 heteroatoms. The monoisotopic (exact) mass is 332 g/mol. The van der Waals surface area contributed by atoms with E-state index in [0.717, 1.165) is 12.8 Å². The molecule has 0 heterocycles. The molecule has 0 saturated carbocycles. The third-order valence-electron chi connectivity index (χ3n) is 3.44. The van der Waals surface area contributed by atoms with Gasteiger partial charge in [0.05, 0.1) is 5.56 Å². The number of esters is 1. The highest BCUT2D eigenvalue weighted by Crippen LogP contribution is 2.25. The Morgan fingerprint density at radius 2 is 2.00 bits per heavy atom. The number of hydrogen-bond donors (Lipinski definition) is 1. The highest BCUT2D eigenvalue weighted by Gasteiger charge is 2.33. The first-order valence-electron chi connectivity index (χ1n) is 8.04. The van der Waals surface area contributed by atoms with E-state index in [2.05, 4.69) is 5.32 Å². The van der Waals surface area contributed by atoms with E-state index in [9.17, 15) is 14.9 Å². The van der Waals surface area contributed by atoms with Gasteiger partial charge in [0.25, 0.3) is 5.91 Å². The van der Waals surface area contributed by atoms with Crippen molar-refractivity contribution in [2.45, 2.75) is 52.6 Å². The lowest BCUT2D eigenvalue weighted by atomic mass is 9.98. The lowest BCUT2D eigenvalue weighted by Gasteiger charge is -2.28. The van der Waals surface area contributed by atoms with Gasteiger partial charge in [0.1, 0.15) is 17.4 Å². The Morgan fingerprint density at radius 1 is 1.29 bits per heavy atom. The summed E-state index contributed by atoms with van der Waals surface area (Å²) in [5, 5.41) is 11.9. The highest BCUT2D eigenvalue weighted by molar-refractivity contribution is 5.97. The lowest BCUT2D eigenvalue weighted by molar-refractivity contribution is -0.140. The average Bonchev–Trinajstić information content (AvgIpc) is 2.54. The molecule has 6 nitrogen and oxygen atoms in total. The third kappa shape index (κ3) is 5.36. The first-order valence-corrected chi connectivity index (χ1v) is 8.04. The zero-order valence-corrected chi connectivity index (χ0v) is 14.6. The van der Waals surface area contributed by atoms with E-state index in [0.29, 0.717) is 18.7 Å². The van der Waals surface area contributed by atoms with Gasteiger partial charge in [-0.3, -0.25) is 9.59 Å². The van der Waals surface area contributed by atoms with E-state index in [4.69, 9.17) is 9.47 Å². The van der Waals surface area contributed by atoms with Gasteiger partial charge in [-0.2, -0.15) is 5.26 Å². The molecule has 0 radical (unpaired) electrons. The second kappa shape index (κ2) is 9.04. The van der Waals surface area contributed by atoms with Crippen LogP contribution in [0.15, 0.2) is 18.2 Å². The van der Waals surface area contributed by atoms with Crippen molar-refractivity contribution in [3.63, 3.8) is 0 Å². The molecular weight excluding hydrogens is 308 g/mol. The summed E-state index contributed by atoms with van der Waals surface area (Å²) in [6.45, 7) is 7.50. The maximum Gasteiger partial charge on any atom is 0.308 e. The standard InChI is InChI=1S/C18H24N2O4/c1-5-9-18(4,23-10-6-2)17(22)20-15-7-8-16(24-13(3)21)14(11-15)12-19/h7-8,11H,5-6,9-10H2,1-4H3,(H,20,22)/t18-/m0/s1. The number of rotatable bonds is 8. The zero-order valence-electron chi connectivity index (χ0n) is 14.6. The number of nitriles is 1. The molecule has 0 aromatic heterocycles.